The molecule has 1 aromatic heterocycles. The average Bonchev–Trinajstić information content (AvgIpc) is 3.19. The van der Waals surface area contributed by atoms with Crippen LogP contribution in [0.25, 0.3) is 0 Å². The SMILES string of the molecule is CNC(Cn1cnc2c1CCCC2)(C(=O)O)C1CC1. The summed E-state index contributed by atoms with van der Waals surface area (Å²) < 4.78 is 2.07. The molecule has 1 heterocycles. The van der Waals surface area contributed by atoms with Gasteiger partial charge in [-0.05, 0) is 51.5 Å². The zero-order valence-corrected chi connectivity index (χ0v) is 11.4. The Bertz CT molecular complexity index is 493. The van der Waals surface area contributed by atoms with Crippen molar-refractivity contribution in [2.75, 3.05) is 7.05 Å². The molecular weight excluding hydrogens is 242 g/mol. The van der Waals surface area contributed by atoms with Gasteiger partial charge in [-0.15, -0.1) is 0 Å². The minimum absolute atomic E-state index is 0.247. The Morgan fingerprint density at radius 2 is 2.26 bits per heavy atom. The molecule has 5 nitrogen and oxygen atoms in total. The van der Waals surface area contributed by atoms with Crippen molar-refractivity contribution >= 4 is 5.97 Å². The van der Waals surface area contributed by atoms with Gasteiger partial charge in [-0.1, -0.05) is 0 Å². The van der Waals surface area contributed by atoms with Gasteiger partial charge in [0.1, 0.15) is 5.54 Å². The summed E-state index contributed by atoms with van der Waals surface area (Å²) in [7, 11) is 1.76. The van der Waals surface area contributed by atoms with E-state index in [1.165, 1.54) is 18.5 Å². The van der Waals surface area contributed by atoms with Crippen molar-refractivity contribution in [2.24, 2.45) is 5.92 Å². The molecule has 0 saturated heterocycles. The molecule has 1 unspecified atom stereocenters. The number of carbonyl (C=O) groups is 1. The zero-order valence-electron chi connectivity index (χ0n) is 11.4. The Kier molecular flexibility index (Phi) is 3.09. The summed E-state index contributed by atoms with van der Waals surface area (Å²) in [6.45, 7) is 0.492. The molecule has 104 valence electrons. The Morgan fingerprint density at radius 1 is 1.53 bits per heavy atom. The summed E-state index contributed by atoms with van der Waals surface area (Å²) in [5, 5.41) is 12.7. The highest BCUT2D eigenvalue weighted by Gasteiger charge is 2.50. The number of nitrogens with one attached hydrogen (secondary N) is 1. The van der Waals surface area contributed by atoms with Crippen LogP contribution in [-0.4, -0.2) is 33.2 Å². The molecule has 0 bridgehead atoms. The largest absolute Gasteiger partial charge is 0.480 e. The first-order valence-electron chi connectivity index (χ1n) is 7.12. The third kappa shape index (κ3) is 2.06. The fourth-order valence-corrected chi connectivity index (χ4v) is 3.27. The number of rotatable bonds is 5. The summed E-state index contributed by atoms with van der Waals surface area (Å²) in [6, 6.07) is 0. The number of aryl methyl sites for hydroxylation is 1. The maximum Gasteiger partial charge on any atom is 0.326 e. The minimum atomic E-state index is -0.827. The van der Waals surface area contributed by atoms with Crippen molar-refractivity contribution in [2.45, 2.75) is 50.6 Å². The second-order valence-electron chi connectivity index (χ2n) is 5.77. The van der Waals surface area contributed by atoms with Crippen LogP contribution in [0.1, 0.15) is 37.1 Å². The molecule has 2 N–H and O–H groups in total. The van der Waals surface area contributed by atoms with E-state index >= 15 is 0 Å². The van der Waals surface area contributed by atoms with Gasteiger partial charge in [0.2, 0.25) is 0 Å². The van der Waals surface area contributed by atoms with E-state index < -0.39 is 11.5 Å². The number of hydrogen-bond acceptors (Lipinski definition) is 3. The summed E-state index contributed by atoms with van der Waals surface area (Å²) in [5.74, 6) is -0.493. The number of aliphatic carboxylic acids is 1. The van der Waals surface area contributed by atoms with Gasteiger partial charge in [0.15, 0.2) is 0 Å². The molecule has 0 radical (unpaired) electrons. The van der Waals surface area contributed by atoms with Gasteiger partial charge in [-0.3, -0.25) is 4.79 Å². The first-order chi connectivity index (χ1) is 9.17. The molecular formula is C14H21N3O2. The van der Waals surface area contributed by atoms with Crippen LogP contribution in [0.3, 0.4) is 0 Å². The summed E-state index contributed by atoms with van der Waals surface area (Å²) in [6.07, 6.45) is 8.27. The molecule has 5 heteroatoms. The number of likely N-dealkylation sites (N-methyl/N-ethyl adjacent to an activating group) is 1. The number of aromatic nitrogens is 2. The van der Waals surface area contributed by atoms with Crippen molar-refractivity contribution in [3.8, 4) is 0 Å². The second-order valence-corrected chi connectivity index (χ2v) is 5.77. The van der Waals surface area contributed by atoms with E-state index in [0.717, 1.165) is 31.4 Å². The lowest BCUT2D eigenvalue weighted by molar-refractivity contribution is -0.146. The van der Waals surface area contributed by atoms with E-state index in [9.17, 15) is 9.90 Å². The predicted molar refractivity (Wildman–Crippen MR) is 71.0 cm³/mol. The lowest BCUT2D eigenvalue weighted by atomic mass is 9.92. The van der Waals surface area contributed by atoms with Crippen molar-refractivity contribution in [1.29, 1.82) is 0 Å². The number of imidazole rings is 1. The first-order valence-corrected chi connectivity index (χ1v) is 7.12. The lowest BCUT2D eigenvalue weighted by Crippen LogP contribution is -2.55. The quantitative estimate of drug-likeness (QED) is 0.838. The van der Waals surface area contributed by atoms with Gasteiger partial charge in [0.05, 0.1) is 18.6 Å². The maximum absolute atomic E-state index is 11.7. The van der Waals surface area contributed by atoms with Crippen LogP contribution >= 0.6 is 0 Å². The van der Waals surface area contributed by atoms with Crippen LogP contribution < -0.4 is 5.32 Å². The van der Waals surface area contributed by atoms with Crippen molar-refractivity contribution < 1.29 is 9.90 Å². The van der Waals surface area contributed by atoms with E-state index in [1.807, 2.05) is 6.33 Å². The van der Waals surface area contributed by atoms with Gasteiger partial charge in [-0.2, -0.15) is 0 Å². The monoisotopic (exact) mass is 263 g/mol. The normalized spacial score (nSPS) is 21.7. The molecule has 1 fully saturated rings. The summed E-state index contributed by atoms with van der Waals surface area (Å²) in [5.41, 5.74) is 1.58. The zero-order chi connectivity index (χ0) is 13.5. The van der Waals surface area contributed by atoms with Gasteiger partial charge in [0.25, 0.3) is 0 Å². The highest BCUT2D eigenvalue weighted by Crippen LogP contribution is 2.41. The van der Waals surface area contributed by atoms with Crippen molar-refractivity contribution in [3.05, 3.63) is 17.7 Å². The number of nitrogens with zero attached hydrogens (tertiary/aromatic N) is 2. The summed E-state index contributed by atoms with van der Waals surface area (Å²) in [4.78, 5) is 16.2. The number of carboxylic acids is 1. The smallest absolute Gasteiger partial charge is 0.326 e. The molecule has 0 aliphatic heterocycles. The van der Waals surface area contributed by atoms with Crippen LogP contribution in [0.2, 0.25) is 0 Å². The van der Waals surface area contributed by atoms with E-state index in [1.54, 1.807) is 7.05 Å². The molecule has 0 aromatic carbocycles. The topological polar surface area (TPSA) is 67.2 Å². The van der Waals surface area contributed by atoms with Crippen LogP contribution in [0, 0.1) is 5.92 Å². The Labute approximate surface area is 113 Å². The first kappa shape index (κ1) is 12.7. The van der Waals surface area contributed by atoms with E-state index in [-0.39, 0.29) is 5.92 Å². The van der Waals surface area contributed by atoms with Gasteiger partial charge < -0.3 is 15.0 Å². The molecule has 0 amide bonds. The highest BCUT2D eigenvalue weighted by atomic mass is 16.4. The Balaban J connectivity index is 1.90. The van der Waals surface area contributed by atoms with Crippen LogP contribution in [-0.2, 0) is 24.2 Å². The van der Waals surface area contributed by atoms with Gasteiger partial charge in [0, 0.05) is 5.69 Å². The third-order valence-electron chi connectivity index (χ3n) is 4.63. The number of hydrogen-bond donors (Lipinski definition) is 2. The Morgan fingerprint density at radius 3 is 2.89 bits per heavy atom. The third-order valence-corrected chi connectivity index (χ3v) is 4.63. The fourth-order valence-electron chi connectivity index (χ4n) is 3.27. The predicted octanol–water partition coefficient (Wildman–Crippen LogP) is 1.21. The second kappa shape index (κ2) is 4.63. The summed E-state index contributed by atoms with van der Waals surface area (Å²) >= 11 is 0. The maximum atomic E-state index is 11.7. The molecule has 0 spiro atoms. The number of fused-ring (bicyclic) bond motifs is 1. The van der Waals surface area contributed by atoms with Crippen molar-refractivity contribution in [3.63, 3.8) is 0 Å². The van der Waals surface area contributed by atoms with Gasteiger partial charge in [-0.25, -0.2) is 4.98 Å². The standard InChI is InChI=1S/C14H21N3O2/c1-15-14(13(18)19,10-6-7-10)8-17-9-16-11-4-2-3-5-12(11)17/h9-10,15H,2-8H2,1H3,(H,18,19). The minimum Gasteiger partial charge on any atom is -0.480 e. The number of carboxylic acid groups (broad SMARTS) is 1. The molecule has 1 atom stereocenters. The molecule has 19 heavy (non-hydrogen) atoms. The van der Waals surface area contributed by atoms with Gasteiger partial charge >= 0.3 is 5.97 Å². The average molecular weight is 263 g/mol. The highest BCUT2D eigenvalue weighted by molar-refractivity contribution is 5.79. The molecule has 3 rings (SSSR count). The molecule has 2 aliphatic rings. The Hall–Kier alpha value is -1.36. The van der Waals surface area contributed by atoms with Crippen LogP contribution in [0.4, 0.5) is 0 Å². The molecule has 1 saturated carbocycles. The molecule has 1 aromatic rings. The lowest BCUT2D eigenvalue weighted by Gasteiger charge is -2.30. The molecule has 2 aliphatic carbocycles. The van der Waals surface area contributed by atoms with E-state index in [2.05, 4.69) is 14.9 Å². The fraction of sp³-hybridized carbons (Fsp3) is 0.714. The van der Waals surface area contributed by atoms with Crippen LogP contribution in [0.5, 0.6) is 0 Å². The van der Waals surface area contributed by atoms with Crippen molar-refractivity contribution in [1.82, 2.24) is 14.9 Å². The van der Waals surface area contributed by atoms with Crippen LogP contribution in [0.15, 0.2) is 6.33 Å². The van der Waals surface area contributed by atoms with E-state index in [4.69, 9.17) is 0 Å². The van der Waals surface area contributed by atoms with E-state index in [0.29, 0.717) is 6.54 Å².